The van der Waals surface area contributed by atoms with E-state index in [1.165, 1.54) is 7.11 Å². The van der Waals surface area contributed by atoms with Gasteiger partial charge in [0.15, 0.2) is 0 Å². The van der Waals surface area contributed by atoms with Gasteiger partial charge in [-0.1, -0.05) is 13.3 Å². The number of aryl methyl sites for hydroxylation is 1. The van der Waals surface area contributed by atoms with Crippen LogP contribution in [0.3, 0.4) is 0 Å². The maximum Gasteiger partial charge on any atom is 0.375 e. The van der Waals surface area contributed by atoms with Crippen LogP contribution in [0.4, 0.5) is 0 Å². The molecule has 1 aliphatic heterocycles. The number of oxazole rings is 1. The summed E-state index contributed by atoms with van der Waals surface area (Å²) < 4.78 is 16.0. The number of carbonyl (C=O) groups excluding carboxylic acids is 1. The van der Waals surface area contributed by atoms with Crippen LogP contribution in [0.2, 0.25) is 0 Å². The topological polar surface area (TPSA) is 61.6 Å². The van der Waals surface area contributed by atoms with Crippen LogP contribution in [0.15, 0.2) is 4.42 Å². The van der Waals surface area contributed by atoms with E-state index >= 15 is 0 Å². The molecule has 1 saturated heterocycles. The van der Waals surface area contributed by atoms with E-state index < -0.39 is 11.6 Å². The standard InChI is InChI=1S/C13H19NO4/c1-4-6-9-10(11(15)16-3)18-12(14-9)13(2)7-5-8-17-13/h4-8H2,1-3H3. The molecule has 1 fully saturated rings. The molecule has 0 N–H and O–H groups in total. The van der Waals surface area contributed by atoms with Crippen LogP contribution in [-0.4, -0.2) is 24.7 Å². The van der Waals surface area contributed by atoms with Gasteiger partial charge in [0.1, 0.15) is 5.60 Å². The monoisotopic (exact) mass is 253 g/mol. The molecule has 0 spiro atoms. The predicted molar refractivity (Wildman–Crippen MR) is 64.4 cm³/mol. The van der Waals surface area contributed by atoms with E-state index in [-0.39, 0.29) is 5.76 Å². The third-order valence-electron chi connectivity index (χ3n) is 3.23. The molecule has 5 nitrogen and oxygen atoms in total. The Morgan fingerprint density at radius 1 is 1.56 bits per heavy atom. The highest BCUT2D eigenvalue weighted by molar-refractivity contribution is 5.87. The zero-order valence-corrected chi connectivity index (χ0v) is 11.1. The van der Waals surface area contributed by atoms with Gasteiger partial charge in [-0.2, -0.15) is 0 Å². The van der Waals surface area contributed by atoms with Gasteiger partial charge in [-0.05, 0) is 26.2 Å². The molecule has 1 aliphatic rings. The third-order valence-corrected chi connectivity index (χ3v) is 3.23. The number of ether oxygens (including phenoxy) is 2. The first-order chi connectivity index (χ1) is 8.60. The Labute approximate surface area is 106 Å². The van der Waals surface area contributed by atoms with Crippen LogP contribution < -0.4 is 0 Å². The summed E-state index contributed by atoms with van der Waals surface area (Å²) in [5, 5.41) is 0. The summed E-state index contributed by atoms with van der Waals surface area (Å²) in [6.45, 7) is 4.68. The van der Waals surface area contributed by atoms with Gasteiger partial charge in [0.2, 0.25) is 11.7 Å². The molecule has 1 atom stereocenters. The van der Waals surface area contributed by atoms with Gasteiger partial charge in [-0.15, -0.1) is 0 Å². The van der Waals surface area contributed by atoms with E-state index in [2.05, 4.69) is 4.98 Å². The first-order valence-corrected chi connectivity index (χ1v) is 6.33. The van der Waals surface area contributed by atoms with Crippen LogP contribution >= 0.6 is 0 Å². The van der Waals surface area contributed by atoms with E-state index in [1.54, 1.807) is 0 Å². The van der Waals surface area contributed by atoms with Gasteiger partial charge < -0.3 is 13.9 Å². The zero-order valence-electron chi connectivity index (χ0n) is 11.1. The molecule has 1 unspecified atom stereocenters. The van der Waals surface area contributed by atoms with Crippen molar-refractivity contribution in [3.05, 3.63) is 17.3 Å². The summed E-state index contributed by atoms with van der Waals surface area (Å²) in [4.78, 5) is 16.1. The normalized spacial score (nSPS) is 23.3. The molecule has 0 radical (unpaired) electrons. The van der Waals surface area contributed by atoms with Gasteiger partial charge in [0.25, 0.3) is 0 Å². The average Bonchev–Trinajstić information content (AvgIpc) is 2.96. The average molecular weight is 253 g/mol. The van der Waals surface area contributed by atoms with Gasteiger partial charge in [0, 0.05) is 6.61 Å². The number of methoxy groups -OCH3 is 1. The van der Waals surface area contributed by atoms with Crippen molar-refractivity contribution in [3.8, 4) is 0 Å². The molecular formula is C13H19NO4. The van der Waals surface area contributed by atoms with Gasteiger partial charge in [-0.25, -0.2) is 9.78 Å². The fourth-order valence-corrected chi connectivity index (χ4v) is 2.18. The Bertz CT molecular complexity index is 432. The maximum absolute atomic E-state index is 11.6. The molecule has 0 bridgehead atoms. The van der Waals surface area contributed by atoms with E-state index in [4.69, 9.17) is 13.9 Å². The minimum atomic E-state index is -0.505. The zero-order chi connectivity index (χ0) is 13.2. The lowest BCUT2D eigenvalue weighted by molar-refractivity contribution is -0.00650. The van der Waals surface area contributed by atoms with Crippen LogP contribution in [0, 0.1) is 0 Å². The lowest BCUT2D eigenvalue weighted by atomic mass is 10.0. The van der Waals surface area contributed by atoms with Crippen molar-refractivity contribution < 1.29 is 18.7 Å². The van der Waals surface area contributed by atoms with E-state index in [0.717, 1.165) is 19.3 Å². The van der Waals surface area contributed by atoms with Gasteiger partial charge in [-0.3, -0.25) is 0 Å². The fraction of sp³-hybridized carbons (Fsp3) is 0.692. The molecule has 18 heavy (non-hydrogen) atoms. The number of rotatable bonds is 4. The molecule has 0 aliphatic carbocycles. The lowest BCUT2D eigenvalue weighted by Crippen LogP contribution is -2.20. The van der Waals surface area contributed by atoms with Crippen molar-refractivity contribution in [2.24, 2.45) is 0 Å². The summed E-state index contributed by atoms with van der Waals surface area (Å²) in [5.74, 6) is 0.230. The second-order valence-corrected chi connectivity index (χ2v) is 4.72. The van der Waals surface area contributed by atoms with Crippen molar-refractivity contribution in [2.75, 3.05) is 13.7 Å². The number of carbonyl (C=O) groups is 1. The molecule has 2 rings (SSSR count). The van der Waals surface area contributed by atoms with Crippen molar-refractivity contribution >= 4 is 5.97 Å². The molecule has 1 aromatic heterocycles. The molecule has 0 saturated carbocycles. The van der Waals surface area contributed by atoms with E-state index in [1.807, 2.05) is 13.8 Å². The van der Waals surface area contributed by atoms with Crippen molar-refractivity contribution in [1.29, 1.82) is 0 Å². The van der Waals surface area contributed by atoms with Gasteiger partial charge in [0.05, 0.1) is 12.8 Å². The fourth-order valence-electron chi connectivity index (χ4n) is 2.18. The Hall–Kier alpha value is -1.36. The maximum atomic E-state index is 11.6. The summed E-state index contributed by atoms with van der Waals surface area (Å²) in [5.41, 5.74) is 0.158. The third kappa shape index (κ3) is 2.27. The van der Waals surface area contributed by atoms with Crippen molar-refractivity contribution in [3.63, 3.8) is 0 Å². The highest BCUT2D eigenvalue weighted by Gasteiger charge is 2.38. The highest BCUT2D eigenvalue weighted by Crippen LogP contribution is 2.36. The SMILES string of the molecule is CCCc1nc(C2(C)CCCO2)oc1C(=O)OC. The lowest BCUT2D eigenvalue weighted by Gasteiger charge is -2.18. The Morgan fingerprint density at radius 3 is 2.89 bits per heavy atom. The van der Waals surface area contributed by atoms with Gasteiger partial charge >= 0.3 is 5.97 Å². The predicted octanol–water partition coefficient (Wildman–Crippen LogP) is 2.44. The Kier molecular flexibility index (Phi) is 3.71. The van der Waals surface area contributed by atoms with E-state index in [9.17, 15) is 4.79 Å². The second-order valence-electron chi connectivity index (χ2n) is 4.72. The molecular weight excluding hydrogens is 234 g/mol. The summed E-state index contributed by atoms with van der Waals surface area (Å²) in [6.07, 6.45) is 3.44. The summed E-state index contributed by atoms with van der Waals surface area (Å²) in [6, 6.07) is 0. The van der Waals surface area contributed by atoms with Crippen LogP contribution in [0.1, 0.15) is 55.2 Å². The Balaban J connectivity index is 2.35. The van der Waals surface area contributed by atoms with Crippen molar-refractivity contribution in [2.45, 2.75) is 45.1 Å². The van der Waals surface area contributed by atoms with Crippen LogP contribution in [-0.2, 0) is 21.5 Å². The largest absolute Gasteiger partial charge is 0.463 e. The number of aromatic nitrogens is 1. The van der Waals surface area contributed by atoms with Crippen LogP contribution in [0.25, 0.3) is 0 Å². The molecule has 100 valence electrons. The first kappa shape index (κ1) is 13.1. The molecule has 2 heterocycles. The number of hydrogen-bond acceptors (Lipinski definition) is 5. The second kappa shape index (κ2) is 5.10. The van der Waals surface area contributed by atoms with Crippen molar-refractivity contribution in [1.82, 2.24) is 4.98 Å². The quantitative estimate of drug-likeness (QED) is 0.771. The Morgan fingerprint density at radius 2 is 2.33 bits per heavy atom. The number of nitrogens with zero attached hydrogens (tertiary/aromatic N) is 1. The van der Waals surface area contributed by atoms with Crippen LogP contribution in [0.5, 0.6) is 0 Å². The summed E-state index contributed by atoms with van der Waals surface area (Å²) >= 11 is 0. The number of hydrogen-bond donors (Lipinski definition) is 0. The minimum Gasteiger partial charge on any atom is -0.463 e. The molecule has 0 aromatic carbocycles. The highest BCUT2D eigenvalue weighted by atomic mass is 16.5. The molecule has 1 aromatic rings. The number of esters is 1. The first-order valence-electron chi connectivity index (χ1n) is 6.33. The van der Waals surface area contributed by atoms with E-state index in [0.29, 0.717) is 24.6 Å². The molecule has 0 amide bonds. The smallest absolute Gasteiger partial charge is 0.375 e. The summed E-state index contributed by atoms with van der Waals surface area (Å²) in [7, 11) is 1.34. The minimum absolute atomic E-state index is 0.214. The molecule has 5 heteroatoms.